The average molecular weight is 383 g/mol. The van der Waals surface area contributed by atoms with E-state index in [1.807, 2.05) is 0 Å². The topological polar surface area (TPSA) is 54.5 Å². The van der Waals surface area contributed by atoms with Crippen LogP contribution in [0.1, 0.15) is 22.3 Å². The standard InChI is InChI=1S/C18H16F3NO3S/c1-12-6-8-14(9-7-12)26(24,25)22-11-13(10-18(19,20)21)17(23)15-4-2-3-5-16(15)22/h2-9,13H,10-11H2,1H3. The van der Waals surface area contributed by atoms with E-state index in [0.717, 1.165) is 9.87 Å². The van der Waals surface area contributed by atoms with Crippen molar-refractivity contribution < 1.29 is 26.4 Å². The van der Waals surface area contributed by atoms with Gasteiger partial charge in [-0.05, 0) is 31.2 Å². The van der Waals surface area contributed by atoms with Crippen molar-refractivity contribution in [2.24, 2.45) is 5.92 Å². The summed E-state index contributed by atoms with van der Waals surface area (Å²) in [7, 11) is -4.09. The number of fused-ring (bicyclic) bond motifs is 1. The van der Waals surface area contributed by atoms with Crippen molar-refractivity contribution in [2.75, 3.05) is 10.8 Å². The molecule has 0 bridgehead atoms. The summed E-state index contributed by atoms with van der Waals surface area (Å²) in [6, 6.07) is 11.9. The van der Waals surface area contributed by atoms with Gasteiger partial charge in [0.15, 0.2) is 5.78 Å². The molecule has 1 aliphatic rings. The van der Waals surface area contributed by atoms with Crippen LogP contribution in [0.5, 0.6) is 0 Å². The van der Waals surface area contributed by atoms with Crippen molar-refractivity contribution in [3.05, 3.63) is 59.7 Å². The summed E-state index contributed by atoms with van der Waals surface area (Å²) in [5, 5.41) is 0. The zero-order valence-electron chi connectivity index (χ0n) is 13.8. The van der Waals surface area contributed by atoms with E-state index in [1.165, 1.54) is 30.3 Å². The molecule has 1 unspecified atom stereocenters. The number of hydrogen-bond acceptors (Lipinski definition) is 3. The Morgan fingerprint density at radius 3 is 2.31 bits per heavy atom. The van der Waals surface area contributed by atoms with Crippen LogP contribution in [0, 0.1) is 12.8 Å². The lowest BCUT2D eigenvalue weighted by Crippen LogP contribution is -2.44. The van der Waals surface area contributed by atoms with Gasteiger partial charge in [-0.2, -0.15) is 13.2 Å². The number of aryl methyl sites for hydroxylation is 1. The molecule has 0 aromatic heterocycles. The van der Waals surface area contributed by atoms with Crippen LogP contribution in [0.2, 0.25) is 0 Å². The Morgan fingerprint density at radius 1 is 1.08 bits per heavy atom. The van der Waals surface area contributed by atoms with Crippen LogP contribution in [-0.4, -0.2) is 26.9 Å². The molecule has 0 saturated carbocycles. The molecule has 0 N–H and O–H groups in total. The number of rotatable bonds is 3. The summed E-state index contributed by atoms with van der Waals surface area (Å²) in [6.45, 7) is 1.26. The van der Waals surface area contributed by atoms with E-state index in [4.69, 9.17) is 0 Å². The Morgan fingerprint density at radius 2 is 1.69 bits per heavy atom. The number of nitrogens with zero attached hydrogens (tertiary/aromatic N) is 1. The number of alkyl halides is 3. The third-order valence-corrected chi connectivity index (χ3v) is 6.08. The fraction of sp³-hybridized carbons (Fsp3) is 0.278. The lowest BCUT2D eigenvalue weighted by atomic mass is 9.90. The molecule has 0 amide bonds. The summed E-state index contributed by atoms with van der Waals surface area (Å²) in [5.74, 6) is -2.15. The monoisotopic (exact) mass is 383 g/mol. The third-order valence-electron chi connectivity index (χ3n) is 4.28. The summed E-state index contributed by atoms with van der Waals surface area (Å²) in [4.78, 5) is 12.4. The Labute approximate surface area is 149 Å². The minimum atomic E-state index is -4.56. The fourth-order valence-electron chi connectivity index (χ4n) is 3.00. The molecule has 0 radical (unpaired) electrons. The van der Waals surface area contributed by atoms with Crippen molar-refractivity contribution in [1.29, 1.82) is 0 Å². The van der Waals surface area contributed by atoms with Gasteiger partial charge in [-0.1, -0.05) is 29.8 Å². The molecule has 4 nitrogen and oxygen atoms in total. The minimum Gasteiger partial charge on any atom is -0.294 e. The molecule has 8 heteroatoms. The summed E-state index contributed by atoms with van der Waals surface area (Å²) in [5.41, 5.74) is 0.952. The Kier molecular flexibility index (Phi) is 4.56. The number of ketones is 1. The molecule has 0 spiro atoms. The minimum absolute atomic E-state index is 0.0105. The molecular formula is C18H16F3NO3S. The first-order chi connectivity index (χ1) is 12.1. The van der Waals surface area contributed by atoms with Gasteiger partial charge in [0.1, 0.15) is 0 Å². The van der Waals surface area contributed by atoms with E-state index in [1.54, 1.807) is 25.1 Å². The van der Waals surface area contributed by atoms with Gasteiger partial charge in [0, 0.05) is 18.0 Å². The molecule has 0 aliphatic carbocycles. The number of Topliss-reactive ketones (excluding diaryl/α,β-unsaturated/α-hetero) is 1. The number of carbonyl (C=O) groups excluding carboxylic acids is 1. The summed E-state index contributed by atoms with van der Waals surface area (Å²) < 4.78 is 65.5. The van der Waals surface area contributed by atoms with E-state index in [2.05, 4.69) is 0 Å². The zero-order chi connectivity index (χ0) is 19.1. The van der Waals surface area contributed by atoms with E-state index in [0.29, 0.717) is 0 Å². The molecule has 0 fully saturated rings. The number of carbonyl (C=O) groups is 1. The maximum absolute atomic E-state index is 13.0. The van der Waals surface area contributed by atoms with Crippen molar-refractivity contribution in [2.45, 2.75) is 24.4 Å². The van der Waals surface area contributed by atoms with E-state index in [9.17, 15) is 26.4 Å². The third kappa shape index (κ3) is 3.46. The van der Waals surface area contributed by atoms with Crippen LogP contribution in [0.3, 0.4) is 0 Å². The number of benzene rings is 2. The van der Waals surface area contributed by atoms with Crippen LogP contribution < -0.4 is 4.31 Å². The van der Waals surface area contributed by atoms with Crippen molar-refractivity contribution >= 4 is 21.5 Å². The summed E-state index contributed by atoms with van der Waals surface area (Å²) in [6.07, 6.45) is -5.92. The van der Waals surface area contributed by atoms with Gasteiger partial charge in [-0.3, -0.25) is 9.10 Å². The highest BCUT2D eigenvalue weighted by molar-refractivity contribution is 7.92. The molecule has 1 atom stereocenters. The largest absolute Gasteiger partial charge is 0.389 e. The van der Waals surface area contributed by atoms with Gasteiger partial charge in [0.25, 0.3) is 10.0 Å². The van der Waals surface area contributed by atoms with E-state index < -0.39 is 40.9 Å². The van der Waals surface area contributed by atoms with Crippen LogP contribution >= 0.6 is 0 Å². The fourth-order valence-corrected chi connectivity index (χ4v) is 4.53. The predicted molar refractivity (Wildman–Crippen MR) is 90.6 cm³/mol. The first kappa shape index (κ1) is 18.4. The summed E-state index contributed by atoms with van der Waals surface area (Å²) >= 11 is 0. The number of sulfonamides is 1. The van der Waals surface area contributed by atoms with Gasteiger partial charge in [0.2, 0.25) is 0 Å². The van der Waals surface area contributed by atoms with E-state index in [-0.39, 0.29) is 16.1 Å². The van der Waals surface area contributed by atoms with Gasteiger partial charge < -0.3 is 0 Å². The lowest BCUT2D eigenvalue weighted by molar-refractivity contribution is -0.140. The maximum Gasteiger partial charge on any atom is 0.389 e. The number of halogens is 3. The molecule has 1 heterocycles. The highest BCUT2D eigenvalue weighted by Crippen LogP contribution is 2.37. The average Bonchev–Trinajstić information content (AvgIpc) is 2.56. The Balaban J connectivity index is 2.09. The second-order valence-corrected chi connectivity index (χ2v) is 8.11. The smallest absolute Gasteiger partial charge is 0.294 e. The molecular weight excluding hydrogens is 367 g/mol. The van der Waals surface area contributed by atoms with Gasteiger partial charge in [-0.25, -0.2) is 8.42 Å². The molecule has 2 aromatic rings. The van der Waals surface area contributed by atoms with Crippen LogP contribution in [0.15, 0.2) is 53.4 Å². The number of para-hydroxylation sites is 1. The van der Waals surface area contributed by atoms with Gasteiger partial charge in [0.05, 0.1) is 17.0 Å². The second-order valence-electron chi connectivity index (χ2n) is 6.25. The van der Waals surface area contributed by atoms with Crippen LogP contribution in [0.4, 0.5) is 18.9 Å². The second kappa shape index (κ2) is 6.42. The first-order valence-electron chi connectivity index (χ1n) is 7.89. The zero-order valence-corrected chi connectivity index (χ0v) is 14.6. The molecule has 2 aromatic carbocycles. The van der Waals surface area contributed by atoms with Gasteiger partial charge >= 0.3 is 6.18 Å². The quantitative estimate of drug-likeness (QED) is 0.806. The maximum atomic E-state index is 13.0. The van der Waals surface area contributed by atoms with Crippen molar-refractivity contribution in [1.82, 2.24) is 0 Å². The molecule has 26 heavy (non-hydrogen) atoms. The first-order valence-corrected chi connectivity index (χ1v) is 9.33. The highest BCUT2D eigenvalue weighted by atomic mass is 32.2. The highest BCUT2D eigenvalue weighted by Gasteiger charge is 2.43. The van der Waals surface area contributed by atoms with Gasteiger partial charge in [-0.15, -0.1) is 0 Å². The van der Waals surface area contributed by atoms with E-state index >= 15 is 0 Å². The molecule has 138 valence electrons. The Bertz CT molecular complexity index is 937. The van der Waals surface area contributed by atoms with Crippen molar-refractivity contribution in [3.63, 3.8) is 0 Å². The van der Waals surface area contributed by atoms with Crippen LogP contribution in [-0.2, 0) is 10.0 Å². The SMILES string of the molecule is Cc1ccc(S(=O)(=O)N2CC(CC(F)(F)F)C(=O)c3ccccc32)cc1. The number of hydrogen-bond donors (Lipinski definition) is 0. The predicted octanol–water partition coefficient (Wildman–Crippen LogP) is 3.96. The Hall–Kier alpha value is -2.35. The molecule has 0 saturated heterocycles. The number of anilines is 1. The van der Waals surface area contributed by atoms with Crippen LogP contribution in [0.25, 0.3) is 0 Å². The molecule has 1 aliphatic heterocycles. The normalized spacial score (nSPS) is 17.9. The lowest BCUT2D eigenvalue weighted by Gasteiger charge is -2.34. The van der Waals surface area contributed by atoms with Crippen molar-refractivity contribution in [3.8, 4) is 0 Å². The molecule has 3 rings (SSSR count).